The second-order valence-corrected chi connectivity index (χ2v) is 4.85. The third kappa shape index (κ3) is 5.49. The fourth-order valence-electron chi connectivity index (χ4n) is 1.95. The number of nitrogens with one attached hydrogen (secondary N) is 2. The highest BCUT2D eigenvalue weighted by molar-refractivity contribution is 5.82. The fraction of sp³-hybridized carbons (Fsp3) is 0.818. The van der Waals surface area contributed by atoms with E-state index in [2.05, 4.69) is 0 Å². The highest BCUT2D eigenvalue weighted by Crippen LogP contribution is 2.23. The van der Waals surface area contributed by atoms with Crippen molar-refractivity contribution >= 4 is 11.8 Å². The van der Waals surface area contributed by atoms with Gasteiger partial charge in [0.2, 0.25) is 0 Å². The monoisotopic (exact) mass is 368 g/mol. The maximum Gasteiger partial charge on any atom is 0.471 e. The normalized spacial score (nSPS) is 28.3. The number of rotatable bonds is 4. The van der Waals surface area contributed by atoms with Crippen LogP contribution in [0.15, 0.2) is 0 Å². The number of hydrogen-bond donors (Lipinski definition) is 3. The quantitative estimate of drug-likeness (QED) is 0.599. The van der Waals surface area contributed by atoms with Crippen LogP contribution in [0.4, 0.5) is 26.3 Å². The molecule has 1 rings (SSSR count). The van der Waals surface area contributed by atoms with Crippen LogP contribution in [0.5, 0.6) is 0 Å². The summed E-state index contributed by atoms with van der Waals surface area (Å²) in [5.74, 6) is -4.64. The number of methoxy groups -OCH3 is 1. The summed E-state index contributed by atoms with van der Waals surface area (Å²) >= 11 is 0. The van der Waals surface area contributed by atoms with E-state index < -0.39 is 55.3 Å². The van der Waals surface area contributed by atoms with Gasteiger partial charge in [-0.05, 0) is 0 Å². The van der Waals surface area contributed by atoms with E-state index in [9.17, 15) is 41.0 Å². The van der Waals surface area contributed by atoms with Crippen LogP contribution < -0.4 is 10.6 Å². The molecule has 2 amide bonds. The van der Waals surface area contributed by atoms with E-state index in [0.29, 0.717) is 0 Å². The van der Waals surface area contributed by atoms with Gasteiger partial charge in [0.05, 0.1) is 6.04 Å². The maximum atomic E-state index is 12.3. The van der Waals surface area contributed by atoms with Gasteiger partial charge in [0.1, 0.15) is 12.2 Å². The highest BCUT2D eigenvalue weighted by Gasteiger charge is 2.45. The number of carbonyl (C=O) groups excluding carboxylic acids is 2. The molecule has 0 saturated carbocycles. The smallest absolute Gasteiger partial charge is 0.388 e. The average molecular weight is 368 g/mol. The van der Waals surface area contributed by atoms with Gasteiger partial charge in [-0.15, -0.1) is 0 Å². The number of halogens is 6. The third-order valence-electron chi connectivity index (χ3n) is 3.12. The van der Waals surface area contributed by atoms with E-state index in [4.69, 9.17) is 9.47 Å². The first kappa shape index (κ1) is 20.4. The average Bonchev–Trinajstić information content (AvgIpc) is 2.45. The Bertz CT molecular complexity index is 469. The minimum atomic E-state index is -5.21. The summed E-state index contributed by atoms with van der Waals surface area (Å²) in [4.78, 5) is 21.7. The number of amides is 2. The summed E-state index contributed by atoms with van der Waals surface area (Å²) in [7, 11) is 1.11. The molecular weight excluding hydrogens is 354 g/mol. The van der Waals surface area contributed by atoms with Gasteiger partial charge in [0.15, 0.2) is 6.29 Å². The van der Waals surface area contributed by atoms with Crippen molar-refractivity contribution in [1.82, 2.24) is 10.6 Å². The predicted molar refractivity (Wildman–Crippen MR) is 63.3 cm³/mol. The third-order valence-corrected chi connectivity index (χ3v) is 3.12. The molecule has 4 atom stereocenters. The lowest BCUT2D eigenvalue weighted by molar-refractivity contribution is -0.222. The Balaban J connectivity index is 2.75. The van der Waals surface area contributed by atoms with Crippen LogP contribution in [0.2, 0.25) is 0 Å². The standard InChI is InChI=1S/C11H14F6N2O5/c1-23-6-2-4(19-9(22)11(15,16)17)7(20)5(24-6)3-18-8(21)10(12,13)14/h4-7,20H,2-3H2,1H3,(H,18,21)(H,19,22)/t4-,5-,6+,7-/m0/s1. The summed E-state index contributed by atoms with van der Waals surface area (Å²) in [6.07, 6.45) is -15.3. The molecule has 1 saturated heterocycles. The zero-order chi connectivity index (χ0) is 18.7. The maximum absolute atomic E-state index is 12.3. The predicted octanol–water partition coefficient (Wildman–Crippen LogP) is -0.166. The molecule has 1 aliphatic heterocycles. The van der Waals surface area contributed by atoms with E-state index in [1.54, 1.807) is 0 Å². The van der Waals surface area contributed by atoms with Crippen molar-refractivity contribution in [2.45, 2.75) is 43.3 Å². The molecule has 0 aromatic heterocycles. The van der Waals surface area contributed by atoms with Crippen LogP contribution in [0, 0.1) is 0 Å². The van der Waals surface area contributed by atoms with Crippen molar-refractivity contribution in [3.8, 4) is 0 Å². The molecule has 0 aliphatic carbocycles. The SMILES string of the molecule is CO[C@H]1C[C@H](NC(=O)C(F)(F)F)[C@H](O)[C@H](CNC(=O)C(F)(F)F)O1. The molecule has 3 N–H and O–H groups in total. The van der Waals surface area contributed by atoms with Crippen molar-refractivity contribution in [3.05, 3.63) is 0 Å². The fourth-order valence-corrected chi connectivity index (χ4v) is 1.95. The highest BCUT2D eigenvalue weighted by atomic mass is 19.4. The first-order valence-corrected chi connectivity index (χ1v) is 6.45. The minimum absolute atomic E-state index is 0.372. The number of aliphatic hydroxyl groups excluding tert-OH is 1. The zero-order valence-electron chi connectivity index (χ0n) is 12.1. The molecule has 0 aromatic carbocycles. The van der Waals surface area contributed by atoms with Crippen LogP contribution in [-0.2, 0) is 19.1 Å². The summed E-state index contributed by atoms with van der Waals surface area (Å²) < 4.78 is 82.8. The molecule has 1 aliphatic rings. The molecule has 13 heteroatoms. The van der Waals surface area contributed by atoms with Crippen LogP contribution >= 0.6 is 0 Å². The molecule has 7 nitrogen and oxygen atoms in total. The van der Waals surface area contributed by atoms with Crippen LogP contribution in [0.25, 0.3) is 0 Å². The van der Waals surface area contributed by atoms with Crippen molar-refractivity contribution in [3.63, 3.8) is 0 Å². The number of hydrogen-bond acceptors (Lipinski definition) is 5. The lowest BCUT2D eigenvalue weighted by Crippen LogP contribution is -2.60. The Morgan fingerprint density at radius 3 is 2.17 bits per heavy atom. The van der Waals surface area contributed by atoms with Gasteiger partial charge >= 0.3 is 24.2 Å². The number of carbonyl (C=O) groups is 2. The Hall–Kier alpha value is -1.60. The Labute approximate surface area is 131 Å². The number of ether oxygens (including phenoxy) is 2. The lowest BCUT2D eigenvalue weighted by Gasteiger charge is -2.39. The van der Waals surface area contributed by atoms with Crippen molar-refractivity contribution in [2.24, 2.45) is 0 Å². The summed E-state index contributed by atoms with van der Waals surface area (Å²) in [6.45, 7) is -0.849. The van der Waals surface area contributed by atoms with E-state index in [0.717, 1.165) is 7.11 Å². The molecule has 0 unspecified atom stereocenters. The molecular formula is C11H14F6N2O5. The Morgan fingerprint density at radius 2 is 1.71 bits per heavy atom. The van der Waals surface area contributed by atoms with Gasteiger partial charge in [0, 0.05) is 20.1 Å². The lowest BCUT2D eigenvalue weighted by atomic mass is 9.98. The molecule has 140 valence electrons. The van der Waals surface area contributed by atoms with Gasteiger partial charge in [-0.3, -0.25) is 9.59 Å². The molecule has 0 radical (unpaired) electrons. The second-order valence-electron chi connectivity index (χ2n) is 4.85. The molecule has 0 spiro atoms. The van der Waals surface area contributed by atoms with E-state index in [1.807, 2.05) is 0 Å². The summed E-state index contributed by atoms with van der Waals surface area (Å²) in [5.41, 5.74) is 0. The zero-order valence-corrected chi connectivity index (χ0v) is 12.1. The van der Waals surface area contributed by atoms with Gasteiger partial charge in [-0.25, -0.2) is 0 Å². The molecule has 0 aromatic rings. The van der Waals surface area contributed by atoms with Gasteiger partial charge in [-0.1, -0.05) is 0 Å². The van der Waals surface area contributed by atoms with Crippen LogP contribution in [0.3, 0.4) is 0 Å². The van der Waals surface area contributed by atoms with E-state index in [1.165, 1.54) is 10.6 Å². The van der Waals surface area contributed by atoms with Gasteiger partial charge < -0.3 is 25.2 Å². The first-order chi connectivity index (χ1) is 10.9. The van der Waals surface area contributed by atoms with E-state index >= 15 is 0 Å². The van der Waals surface area contributed by atoms with Crippen LogP contribution in [0.1, 0.15) is 6.42 Å². The summed E-state index contributed by atoms with van der Waals surface area (Å²) in [5, 5.41) is 12.8. The largest absolute Gasteiger partial charge is 0.471 e. The minimum Gasteiger partial charge on any atom is -0.388 e. The van der Waals surface area contributed by atoms with Crippen molar-refractivity contribution in [2.75, 3.05) is 13.7 Å². The Morgan fingerprint density at radius 1 is 1.17 bits per heavy atom. The first-order valence-electron chi connectivity index (χ1n) is 6.45. The second kappa shape index (κ2) is 7.53. The molecule has 1 fully saturated rings. The van der Waals surface area contributed by atoms with Gasteiger partial charge in [0.25, 0.3) is 0 Å². The van der Waals surface area contributed by atoms with Gasteiger partial charge in [-0.2, -0.15) is 26.3 Å². The van der Waals surface area contributed by atoms with Crippen molar-refractivity contribution < 1.29 is 50.5 Å². The van der Waals surface area contributed by atoms with E-state index in [-0.39, 0.29) is 6.42 Å². The Kier molecular flexibility index (Phi) is 6.41. The molecule has 0 bridgehead atoms. The molecule has 24 heavy (non-hydrogen) atoms. The topological polar surface area (TPSA) is 96.9 Å². The molecule has 1 heterocycles. The number of alkyl halides is 6. The van der Waals surface area contributed by atoms with Crippen LogP contribution in [-0.4, -0.2) is 67.5 Å². The summed E-state index contributed by atoms with van der Waals surface area (Å²) in [6, 6.07) is -1.49. The number of aliphatic hydroxyl groups is 1. The van der Waals surface area contributed by atoms with Crippen molar-refractivity contribution in [1.29, 1.82) is 0 Å².